The molecule has 0 fully saturated rings. The number of halogens is 1. The van der Waals surface area contributed by atoms with Gasteiger partial charge < -0.3 is 15.5 Å². The fraction of sp³-hybridized carbons (Fsp3) is 0.125. The van der Waals surface area contributed by atoms with Crippen LogP contribution in [0.2, 0.25) is 0 Å². The van der Waals surface area contributed by atoms with E-state index in [-0.39, 0.29) is 16.8 Å². The van der Waals surface area contributed by atoms with Crippen LogP contribution in [-0.4, -0.2) is 22.2 Å². The molecule has 0 aliphatic carbocycles. The Kier molecular flexibility index (Phi) is 4.12. The van der Waals surface area contributed by atoms with Gasteiger partial charge in [-0.15, -0.1) is 0 Å². The van der Waals surface area contributed by atoms with Gasteiger partial charge in [-0.1, -0.05) is 0 Å². The number of hydrogen-bond acceptors (Lipinski definition) is 3. The largest absolute Gasteiger partial charge is 0.478 e. The van der Waals surface area contributed by atoms with Gasteiger partial charge in [0, 0.05) is 5.69 Å². The average molecular weight is 303 g/mol. The number of rotatable bonds is 4. The summed E-state index contributed by atoms with van der Waals surface area (Å²) in [5.74, 6) is -2.91. The molecule has 0 bridgehead atoms. The maximum atomic E-state index is 12.9. The van der Waals surface area contributed by atoms with Crippen LogP contribution < -0.4 is 5.32 Å². The number of hydrogen-bond donors (Lipinski definition) is 3. The van der Waals surface area contributed by atoms with Gasteiger partial charge >= 0.3 is 11.9 Å². The molecule has 0 radical (unpaired) electrons. The van der Waals surface area contributed by atoms with Crippen LogP contribution in [0.25, 0.3) is 0 Å². The highest BCUT2D eigenvalue weighted by Crippen LogP contribution is 2.30. The Bertz CT molecular complexity index is 754. The summed E-state index contributed by atoms with van der Waals surface area (Å²) >= 11 is 0. The minimum absolute atomic E-state index is 0.0188. The molecule has 0 aliphatic rings. The number of carboxylic acid groups (broad SMARTS) is 2. The van der Waals surface area contributed by atoms with Crippen molar-refractivity contribution in [2.75, 3.05) is 5.32 Å². The second-order valence-corrected chi connectivity index (χ2v) is 4.86. The molecule has 114 valence electrons. The van der Waals surface area contributed by atoms with Crippen molar-refractivity contribution in [3.8, 4) is 0 Å². The molecule has 3 N–H and O–H groups in total. The Labute approximate surface area is 126 Å². The Morgan fingerprint density at radius 2 is 1.64 bits per heavy atom. The Morgan fingerprint density at radius 1 is 1.05 bits per heavy atom. The van der Waals surface area contributed by atoms with Crippen LogP contribution in [0.4, 0.5) is 15.8 Å². The lowest BCUT2D eigenvalue weighted by molar-refractivity contribution is 0.0695. The van der Waals surface area contributed by atoms with E-state index in [1.807, 2.05) is 0 Å². The normalized spacial score (nSPS) is 10.3. The summed E-state index contributed by atoms with van der Waals surface area (Å²) in [5.41, 5.74) is 1.16. The fourth-order valence-corrected chi connectivity index (χ4v) is 2.16. The minimum Gasteiger partial charge on any atom is -0.478 e. The molecular weight excluding hydrogens is 289 g/mol. The van der Waals surface area contributed by atoms with Gasteiger partial charge in [-0.3, -0.25) is 0 Å². The molecule has 0 unspecified atom stereocenters. The number of carbonyl (C=O) groups is 2. The molecule has 2 aromatic carbocycles. The maximum Gasteiger partial charge on any atom is 0.338 e. The molecule has 0 saturated carbocycles. The van der Waals surface area contributed by atoms with E-state index < -0.39 is 17.8 Å². The second-order valence-electron chi connectivity index (χ2n) is 4.86. The molecule has 0 aromatic heterocycles. The highest BCUT2D eigenvalue weighted by atomic mass is 19.1. The van der Waals surface area contributed by atoms with Crippen molar-refractivity contribution in [3.63, 3.8) is 0 Å². The smallest absolute Gasteiger partial charge is 0.338 e. The standard InChI is InChI=1S/C16H14FNO4/c1-8-7-12(15(19)20)14(13(9(8)2)16(21)22)18-11-5-3-10(17)4-6-11/h3-7,18H,1-2H3,(H,19,20)(H,21,22). The third kappa shape index (κ3) is 2.90. The first-order valence-corrected chi connectivity index (χ1v) is 6.44. The van der Waals surface area contributed by atoms with Gasteiger partial charge in [-0.25, -0.2) is 14.0 Å². The zero-order valence-corrected chi connectivity index (χ0v) is 12.0. The number of anilines is 2. The van der Waals surface area contributed by atoms with Crippen LogP contribution in [0, 0.1) is 19.7 Å². The first-order chi connectivity index (χ1) is 10.3. The van der Waals surface area contributed by atoms with Gasteiger partial charge in [0.15, 0.2) is 0 Å². The van der Waals surface area contributed by atoms with Crippen LogP contribution in [0.15, 0.2) is 30.3 Å². The minimum atomic E-state index is -1.24. The van der Waals surface area contributed by atoms with E-state index in [4.69, 9.17) is 0 Å². The van der Waals surface area contributed by atoms with Gasteiger partial charge in [-0.2, -0.15) is 0 Å². The molecule has 0 spiro atoms. The number of carboxylic acids is 2. The molecule has 0 aliphatic heterocycles. The monoisotopic (exact) mass is 303 g/mol. The van der Waals surface area contributed by atoms with Gasteiger partial charge in [0.2, 0.25) is 0 Å². The van der Waals surface area contributed by atoms with Crippen molar-refractivity contribution in [3.05, 3.63) is 58.4 Å². The predicted molar refractivity (Wildman–Crippen MR) is 79.5 cm³/mol. The first kappa shape index (κ1) is 15.5. The van der Waals surface area contributed by atoms with E-state index >= 15 is 0 Å². The summed E-state index contributed by atoms with van der Waals surface area (Å²) in [6, 6.07) is 6.62. The van der Waals surface area contributed by atoms with Gasteiger partial charge in [0.25, 0.3) is 0 Å². The van der Waals surface area contributed by atoms with Crippen molar-refractivity contribution in [1.82, 2.24) is 0 Å². The quantitative estimate of drug-likeness (QED) is 0.803. The van der Waals surface area contributed by atoms with Gasteiger partial charge in [-0.05, 0) is 55.3 Å². The van der Waals surface area contributed by atoms with Gasteiger partial charge in [0.05, 0.1) is 16.8 Å². The maximum absolute atomic E-state index is 12.9. The van der Waals surface area contributed by atoms with E-state index in [1.54, 1.807) is 13.8 Å². The molecule has 2 aromatic rings. The van der Waals surface area contributed by atoms with Crippen LogP contribution >= 0.6 is 0 Å². The Balaban J connectivity index is 2.65. The molecule has 22 heavy (non-hydrogen) atoms. The first-order valence-electron chi connectivity index (χ1n) is 6.44. The third-order valence-corrected chi connectivity index (χ3v) is 3.40. The summed E-state index contributed by atoms with van der Waals surface area (Å²) in [5, 5.41) is 21.5. The third-order valence-electron chi connectivity index (χ3n) is 3.40. The molecule has 5 nitrogen and oxygen atoms in total. The lowest BCUT2D eigenvalue weighted by Gasteiger charge is -2.16. The van der Waals surface area contributed by atoms with E-state index in [9.17, 15) is 24.2 Å². The molecule has 0 saturated heterocycles. The van der Waals surface area contributed by atoms with Crippen LogP contribution in [0.3, 0.4) is 0 Å². The lowest BCUT2D eigenvalue weighted by Crippen LogP contribution is -2.12. The van der Waals surface area contributed by atoms with Crippen molar-refractivity contribution >= 4 is 23.3 Å². The van der Waals surface area contributed by atoms with E-state index in [0.717, 1.165) is 0 Å². The number of aromatic carboxylic acids is 2. The molecule has 0 heterocycles. The number of aryl methyl sites for hydroxylation is 1. The topological polar surface area (TPSA) is 86.6 Å². The average Bonchev–Trinajstić information content (AvgIpc) is 2.44. The highest BCUT2D eigenvalue weighted by Gasteiger charge is 2.22. The lowest BCUT2D eigenvalue weighted by atomic mass is 9.96. The summed E-state index contributed by atoms with van der Waals surface area (Å²) in [4.78, 5) is 22.9. The number of benzene rings is 2. The van der Waals surface area contributed by atoms with Crippen molar-refractivity contribution in [1.29, 1.82) is 0 Å². The zero-order valence-electron chi connectivity index (χ0n) is 12.0. The van der Waals surface area contributed by atoms with Crippen molar-refractivity contribution < 1.29 is 24.2 Å². The van der Waals surface area contributed by atoms with E-state index in [1.165, 1.54) is 30.3 Å². The van der Waals surface area contributed by atoms with Crippen LogP contribution in [0.5, 0.6) is 0 Å². The molecule has 0 amide bonds. The molecule has 6 heteroatoms. The molecule has 2 rings (SSSR count). The summed E-state index contributed by atoms with van der Waals surface area (Å²) in [7, 11) is 0. The summed E-state index contributed by atoms with van der Waals surface area (Å²) in [6.45, 7) is 3.26. The van der Waals surface area contributed by atoms with Crippen molar-refractivity contribution in [2.45, 2.75) is 13.8 Å². The fourth-order valence-electron chi connectivity index (χ4n) is 2.16. The number of nitrogens with one attached hydrogen (secondary N) is 1. The summed E-state index contributed by atoms with van der Waals surface area (Å²) < 4.78 is 12.9. The Morgan fingerprint density at radius 3 is 2.14 bits per heavy atom. The SMILES string of the molecule is Cc1cc(C(=O)O)c(Nc2ccc(F)cc2)c(C(=O)O)c1C. The molecule has 0 atom stereocenters. The second kappa shape index (κ2) is 5.85. The summed E-state index contributed by atoms with van der Waals surface area (Å²) in [6.07, 6.45) is 0. The van der Waals surface area contributed by atoms with Gasteiger partial charge in [0.1, 0.15) is 5.82 Å². The molecular formula is C16H14FNO4. The predicted octanol–water partition coefficient (Wildman–Crippen LogP) is 3.58. The van der Waals surface area contributed by atoms with Crippen molar-refractivity contribution in [2.24, 2.45) is 0 Å². The van der Waals surface area contributed by atoms with E-state index in [2.05, 4.69) is 5.32 Å². The van der Waals surface area contributed by atoms with Crippen LogP contribution in [-0.2, 0) is 0 Å². The highest BCUT2D eigenvalue weighted by molar-refractivity contribution is 6.05. The van der Waals surface area contributed by atoms with Crippen LogP contribution in [0.1, 0.15) is 31.8 Å². The Hall–Kier alpha value is -2.89. The van der Waals surface area contributed by atoms with E-state index in [0.29, 0.717) is 16.8 Å². The zero-order chi connectivity index (χ0) is 16.4.